The summed E-state index contributed by atoms with van der Waals surface area (Å²) < 4.78 is 0. The first-order valence-corrected chi connectivity index (χ1v) is 12.7. The van der Waals surface area contributed by atoms with Crippen LogP contribution < -0.4 is 10.2 Å². The molecule has 1 N–H and O–H groups in total. The van der Waals surface area contributed by atoms with Gasteiger partial charge in [0, 0.05) is 24.0 Å². The predicted molar refractivity (Wildman–Crippen MR) is 123 cm³/mol. The van der Waals surface area contributed by atoms with Crippen LogP contribution >= 0.6 is 11.8 Å². The van der Waals surface area contributed by atoms with E-state index >= 15 is 0 Å². The Morgan fingerprint density at radius 2 is 1.58 bits per heavy atom. The maximum absolute atomic E-state index is 13.4. The summed E-state index contributed by atoms with van der Waals surface area (Å²) in [6.45, 7) is 1.40. The number of amides is 3. The number of hydrogen-bond donors (Lipinski definition) is 1. The van der Waals surface area contributed by atoms with Crippen molar-refractivity contribution >= 4 is 35.2 Å². The Morgan fingerprint density at radius 1 is 0.935 bits per heavy atom. The molecule has 1 atom stereocenters. The lowest BCUT2D eigenvalue weighted by Crippen LogP contribution is -2.53. The van der Waals surface area contributed by atoms with E-state index in [1.165, 1.54) is 35.9 Å². The number of benzene rings is 1. The maximum atomic E-state index is 13.4. The van der Waals surface area contributed by atoms with Gasteiger partial charge in [0.15, 0.2) is 5.25 Å². The summed E-state index contributed by atoms with van der Waals surface area (Å²) in [7, 11) is 0. The number of thioether (sulfide) groups is 1. The van der Waals surface area contributed by atoms with Crippen LogP contribution in [0.2, 0.25) is 0 Å². The number of hydrogen-bond acceptors (Lipinski definition) is 4. The summed E-state index contributed by atoms with van der Waals surface area (Å²) in [6, 6.07) is 7.77. The highest BCUT2D eigenvalue weighted by atomic mass is 32.2. The van der Waals surface area contributed by atoms with Crippen LogP contribution in [0.1, 0.15) is 64.2 Å². The van der Waals surface area contributed by atoms with Crippen molar-refractivity contribution in [1.82, 2.24) is 10.2 Å². The molecule has 0 bridgehead atoms. The van der Waals surface area contributed by atoms with Gasteiger partial charge in [-0.25, -0.2) is 0 Å². The molecular weight excluding hydrogens is 410 g/mol. The molecule has 2 aliphatic heterocycles. The van der Waals surface area contributed by atoms with Crippen molar-refractivity contribution < 1.29 is 14.4 Å². The lowest BCUT2D eigenvalue weighted by Gasteiger charge is -2.36. The van der Waals surface area contributed by atoms with Crippen LogP contribution in [-0.2, 0) is 14.4 Å². The molecule has 7 heteroatoms. The third-order valence-corrected chi connectivity index (χ3v) is 7.79. The van der Waals surface area contributed by atoms with Crippen molar-refractivity contribution in [3.05, 3.63) is 24.3 Å². The predicted octanol–water partition coefficient (Wildman–Crippen LogP) is 3.74. The van der Waals surface area contributed by atoms with E-state index in [4.69, 9.17) is 0 Å². The minimum atomic E-state index is -0.804. The lowest BCUT2D eigenvalue weighted by molar-refractivity contribution is -0.136. The number of nitrogens with zero attached hydrogens (tertiary/aromatic N) is 2. The molecule has 1 unspecified atom stereocenters. The Labute approximate surface area is 189 Å². The average molecular weight is 444 g/mol. The van der Waals surface area contributed by atoms with Crippen LogP contribution in [0.5, 0.6) is 0 Å². The summed E-state index contributed by atoms with van der Waals surface area (Å²) in [5.41, 5.74) is 0.730. The summed E-state index contributed by atoms with van der Waals surface area (Å²) in [4.78, 5) is 43.7. The largest absolute Gasteiger partial charge is 0.352 e. The second-order valence-corrected chi connectivity index (χ2v) is 10.0. The van der Waals surface area contributed by atoms with Crippen molar-refractivity contribution in [3.8, 4) is 0 Å². The van der Waals surface area contributed by atoms with Gasteiger partial charge in [-0.3, -0.25) is 14.4 Å². The Kier molecular flexibility index (Phi) is 7.54. The molecule has 1 aromatic rings. The number of rotatable bonds is 4. The van der Waals surface area contributed by atoms with Crippen molar-refractivity contribution in [2.75, 3.05) is 24.5 Å². The minimum absolute atomic E-state index is 0.0311. The summed E-state index contributed by atoms with van der Waals surface area (Å²) >= 11 is 1.32. The zero-order valence-electron chi connectivity index (χ0n) is 18.2. The van der Waals surface area contributed by atoms with Gasteiger partial charge in [-0.1, -0.05) is 44.2 Å². The average Bonchev–Trinajstić information content (AvgIpc) is 2.77. The van der Waals surface area contributed by atoms with E-state index in [0.717, 1.165) is 55.5 Å². The molecule has 2 fully saturated rings. The number of piperidine rings is 1. The fourth-order valence-electron chi connectivity index (χ4n) is 4.83. The van der Waals surface area contributed by atoms with Crippen molar-refractivity contribution in [1.29, 1.82) is 0 Å². The third kappa shape index (κ3) is 5.43. The maximum Gasteiger partial charge on any atom is 0.250 e. The number of nitrogens with one attached hydrogen (secondary N) is 1. The highest BCUT2D eigenvalue weighted by Gasteiger charge is 2.41. The van der Waals surface area contributed by atoms with Gasteiger partial charge in [-0.05, 0) is 44.2 Å². The van der Waals surface area contributed by atoms with E-state index in [1.54, 1.807) is 0 Å². The third-order valence-electron chi connectivity index (χ3n) is 6.56. The molecule has 168 valence electrons. The van der Waals surface area contributed by atoms with E-state index in [1.807, 2.05) is 29.2 Å². The van der Waals surface area contributed by atoms with E-state index in [9.17, 15) is 14.4 Å². The molecule has 4 rings (SSSR count). The van der Waals surface area contributed by atoms with Crippen LogP contribution in [-0.4, -0.2) is 53.5 Å². The quantitative estimate of drug-likeness (QED) is 0.720. The molecule has 0 spiro atoms. The second kappa shape index (κ2) is 10.5. The molecule has 1 aromatic carbocycles. The van der Waals surface area contributed by atoms with E-state index < -0.39 is 5.25 Å². The van der Waals surface area contributed by atoms with Gasteiger partial charge in [0.1, 0.15) is 6.54 Å². The highest BCUT2D eigenvalue weighted by Crippen LogP contribution is 2.39. The summed E-state index contributed by atoms with van der Waals surface area (Å²) in [5, 5.41) is 2.35. The van der Waals surface area contributed by atoms with Gasteiger partial charge in [0.25, 0.3) is 5.91 Å². The first-order valence-electron chi connectivity index (χ1n) is 11.8. The molecule has 0 aromatic heterocycles. The van der Waals surface area contributed by atoms with E-state index in [-0.39, 0.29) is 30.3 Å². The molecular formula is C24H33N3O3S. The summed E-state index contributed by atoms with van der Waals surface area (Å²) in [5.74, 6) is -0.522. The van der Waals surface area contributed by atoms with Crippen LogP contribution in [0, 0.1) is 0 Å². The van der Waals surface area contributed by atoms with Gasteiger partial charge in [0.05, 0.1) is 5.69 Å². The first kappa shape index (κ1) is 22.2. The topological polar surface area (TPSA) is 69.7 Å². The second-order valence-electron chi connectivity index (χ2n) is 8.89. The molecule has 1 saturated carbocycles. The SMILES string of the molecule is O=C(CN1C(=O)C(C(=O)N2CCCCC2)Sc2ccccc21)NC1CCCCCCC1. The zero-order chi connectivity index (χ0) is 21.6. The molecule has 3 aliphatic rings. The van der Waals surface area contributed by atoms with Gasteiger partial charge < -0.3 is 15.1 Å². The lowest BCUT2D eigenvalue weighted by atomic mass is 9.97. The molecule has 31 heavy (non-hydrogen) atoms. The molecule has 6 nitrogen and oxygen atoms in total. The summed E-state index contributed by atoms with van der Waals surface area (Å²) in [6.07, 6.45) is 11.1. The van der Waals surface area contributed by atoms with Gasteiger partial charge >= 0.3 is 0 Å². The number of anilines is 1. The van der Waals surface area contributed by atoms with Crippen molar-refractivity contribution in [2.24, 2.45) is 0 Å². The van der Waals surface area contributed by atoms with Gasteiger partial charge in [-0.15, -0.1) is 11.8 Å². The Bertz CT molecular complexity index is 801. The Balaban J connectivity index is 1.47. The number of carbonyl (C=O) groups is 3. The number of carbonyl (C=O) groups excluding carboxylic acids is 3. The fraction of sp³-hybridized carbons (Fsp3) is 0.625. The zero-order valence-corrected chi connectivity index (χ0v) is 19.0. The Morgan fingerprint density at radius 3 is 2.32 bits per heavy atom. The standard InChI is InChI=1S/C24H33N3O3S/c28-21(25-18-11-5-2-1-3-6-12-18)17-27-19-13-7-8-14-20(19)31-22(24(27)30)23(29)26-15-9-4-10-16-26/h7-8,13-14,18,22H,1-6,9-12,15-17H2,(H,25,28). The van der Waals surface area contributed by atoms with Crippen molar-refractivity contribution in [3.63, 3.8) is 0 Å². The normalized spacial score (nSPS) is 23.0. The number of para-hydroxylation sites is 1. The van der Waals surface area contributed by atoms with E-state index in [2.05, 4.69) is 5.32 Å². The van der Waals surface area contributed by atoms with Gasteiger partial charge in [0.2, 0.25) is 11.8 Å². The molecule has 3 amide bonds. The molecule has 1 saturated heterocycles. The number of fused-ring (bicyclic) bond motifs is 1. The van der Waals surface area contributed by atoms with Crippen LogP contribution in [0.25, 0.3) is 0 Å². The first-order chi connectivity index (χ1) is 15.1. The number of likely N-dealkylation sites (tertiary alicyclic amines) is 1. The molecule has 1 aliphatic carbocycles. The van der Waals surface area contributed by atoms with Crippen molar-refractivity contribution in [2.45, 2.75) is 80.4 Å². The van der Waals surface area contributed by atoms with Crippen LogP contribution in [0.4, 0.5) is 5.69 Å². The van der Waals surface area contributed by atoms with Crippen LogP contribution in [0.15, 0.2) is 29.2 Å². The van der Waals surface area contributed by atoms with Gasteiger partial charge in [-0.2, -0.15) is 0 Å². The smallest absolute Gasteiger partial charge is 0.250 e. The Hall–Kier alpha value is -2.02. The molecule has 0 radical (unpaired) electrons. The fourth-order valence-corrected chi connectivity index (χ4v) is 6.02. The minimum Gasteiger partial charge on any atom is -0.352 e. The molecule has 2 heterocycles. The highest BCUT2D eigenvalue weighted by molar-refractivity contribution is 8.01. The van der Waals surface area contributed by atoms with Crippen LogP contribution in [0.3, 0.4) is 0 Å². The van der Waals surface area contributed by atoms with E-state index in [0.29, 0.717) is 13.1 Å². The monoisotopic (exact) mass is 443 g/mol.